The van der Waals surface area contributed by atoms with Crippen molar-refractivity contribution >= 4 is 29.9 Å². The van der Waals surface area contributed by atoms with Crippen LogP contribution in [0.1, 0.15) is 58.8 Å². The van der Waals surface area contributed by atoms with E-state index in [-0.39, 0.29) is 29.5 Å². The first kappa shape index (κ1) is 19.3. The van der Waals surface area contributed by atoms with Crippen LogP contribution in [-0.2, 0) is 0 Å². The van der Waals surface area contributed by atoms with Crippen molar-refractivity contribution in [1.82, 2.24) is 15.5 Å². The van der Waals surface area contributed by atoms with Gasteiger partial charge in [0.1, 0.15) is 0 Å². The van der Waals surface area contributed by atoms with Crippen LogP contribution in [0.25, 0.3) is 0 Å². The molecule has 0 spiro atoms. The van der Waals surface area contributed by atoms with Gasteiger partial charge in [-0.25, -0.2) is 0 Å². The largest absolute Gasteiger partial charge is 0.356 e. The van der Waals surface area contributed by atoms with Gasteiger partial charge in [-0.05, 0) is 76.8 Å². The molecule has 3 rings (SSSR count). The summed E-state index contributed by atoms with van der Waals surface area (Å²) in [6.07, 6.45) is 9.83. The summed E-state index contributed by atoms with van der Waals surface area (Å²) in [5.41, 5.74) is 0.825. The van der Waals surface area contributed by atoms with Gasteiger partial charge < -0.3 is 10.6 Å². The standard InChI is InChI=1S/C18H34N4.HI/c1-17(2,22-11-5-4-6-12-22)13-20-16(19-3)21-14-18(9-10-18)15-7-8-15;/h15H,4-14H2,1-3H3,(H2,19,20,21);1H. The van der Waals surface area contributed by atoms with Gasteiger partial charge in [-0.15, -0.1) is 24.0 Å². The highest BCUT2D eigenvalue weighted by atomic mass is 127. The summed E-state index contributed by atoms with van der Waals surface area (Å²) in [6, 6.07) is 0. The van der Waals surface area contributed by atoms with E-state index in [2.05, 4.69) is 34.4 Å². The third-order valence-electron chi connectivity index (χ3n) is 6.07. The van der Waals surface area contributed by atoms with E-state index in [0.29, 0.717) is 5.41 Å². The number of halogens is 1. The molecule has 2 aliphatic carbocycles. The molecule has 0 aromatic rings. The second kappa shape index (κ2) is 7.89. The summed E-state index contributed by atoms with van der Waals surface area (Å²) in [6.45, 7) is 9.26. The molecule has 2 saturated carbocycles. The summed E-state index contributed by atoms with van der Waals surface area (Å²) in [5, 5.41) is 7.15. The predicted molar refractivity (Wildman–Crippen MR) is 109 cm³/mol. The number of hydrogen-bond donors (Lipinski definition) is 2. The van der Waals surface area contributed by atoms with Gasteiger partial charge in [0.25, 0.3) is 0 Å². The van der Waals surface area contributed by atoms with Crippen LogP contribution in [0.15, 0.2) is 4.99 Å². The van der Waals surface area contributed by atoms with E-state index in [0.717, 1.165) is 25.0 Å². The third-order valence-corrected chi connectivity index (χ3v) is 6.07. The highest BCUT2D eigenvalue weighted by Gasteiger charge is 2.53. The van der Waals surface area contributed by atoms with Crippen molar-refractivity contribution in [2.24, 2.45) is 16.3 Å². The van der Waals surface area contributed by atoms with Gasteiger partial charge in [0.05, 0.1) is 0 Å². The molecule has 0 aromatic heterocycles. The molecule has 5 heteroatoms. The summed E-state index contributed by atoms with van der Waals surface area (Å²) in [5.74, 6) is 1.99. The Balaban J connectivity index is 0.00000192. The molecule has 0 atom stereocenters. The molecular formula is C18H35IN4. The van der Waals surface area contributed by atoms with Crippen LogP contribution in [0.2, 0.25) is 0 Å². The monoisotopic (exact) mass is 434 g/mol. The Hall–Kier alpha value is -0.0400. The van der Waals surface area contributed by atoms with Gasteiger partial charge in [-0.1, -0.05) is 6.42 Å². The molecule has 134 valence electrons. The smallest absolute Gasteiger partial charge is 0.191 e. The minimum atomic E-state index is 0. The second-order valence-corrected chi connectivity index (χ2v) is 8.28. The number of nitrogens with one attached hydrogen (secondary N) is 2. The number of aliphatic imine (C=N–C) groups is 1. The van der Waals surface area contributed by atoms with Crippen LogP contribution in [0.4, 0.5) is 0 Å². The molecule has 4 nitrogen and oxygen atoms in total. The molecule has 0 unspecified atom stereocenters. The predicted octanol–water partition coefficient (Wildman–Crippen LogP) is 3.22. The van der Waals surface area contributed by atoms with Crippen LogP contribution < -0.4 is 10.6 Å². The fourth-order valence-electron chi connectivity index (χ4n) is 3.98. The first-order valence-electron chi connectivity index (χ1n) is 9.25. The molecule has 2 N–H and O–H groups in total. The topological polar surface area (TPSA) is 39.7 Å². The van der Waals surface area contributed by atoms with Gasteiger partial charge in [-0.2, -0.15) is 0 Å². The number of likely N-dealkylation sites (tertiary alicyclic amines) is 1. The number of piperidine rings is 1. The Morgan fingerprint density at radius 3 is 2.30 bits per heavy atom. The van der Waals surface area contributed by atoms with E-state index < -0.39 is 0 Å². The zero-order valence-corrected chi connectivity index (χ0v) is 17.5. The Bertz CT molecular complexity index is 407. The minimum absolute atomic E-state index is 0. The van der Waals surface area contributed by atoms with Crippen LogP contribution in [-0.4, -0.2) is 49.6 Å². The number of nitrogens with zero attached hydrogens (tertiary/aromatic N) is 2. The molecule has 23 heavy (non-hydrogen) atoms. The summed E-state index contributed by atoms with van der Waals surface area (Å²) < 4.78 is 0. The van der Waals surface area contributed by atoms with Crippen LogP contribution in [0.5, 0.6) is 0 Å². The molecule has 3 aliphatic rings. The first-order valence-corrected chi connectivity index (χ1v) is 9.25. The number of guanidine groups is 1. The van der Waals surface area contributed by atoms with E-state index in [1.807, 2.05) is 7.05 Å². The molecular weight excluding hydrogens is 399 g/mol. The van der Waals surface area contributed by atoms with Crippen molar-refractivity contribution in [3.05, 3.63) is 0 Å². The van der Waals surface area contributed by atoms with Crippen molar-refractivity contribution in [2.75, 3.05) is 33.2 Å². The lowest BCUT2D eigenvalue weighted by atomic mass is 9.98. The Morgan fingerprint density at radius 1 is 1.13 bits per heavy atom. The SMILES string of the molecule is CN=C(NCC1(C2CC2)CC1)NCC(C)(C)N1CCCCC1.I. The average Bonchev–Trinajstić information content (AvgIpc) is 3.40. The van der Waals surface area contributed by atoms with Crippen molar-refractivity contribution in [1.29, 1.82) is 0 Å². The second-order valence-electron chi connectivity index (χ2n) is 8.28. The number of rotatable bonds is 6. The van der Waals surface area contributed by atoms with Gasteiger partial charge >= 0.3 is 0 Å². The first-order chi connectivity index (χ1) is 10.6. The van der Waals surface area contributed by atoms with Crippen LogP contribution in [0.3, 0.4) is 0 Å². The maximum absolute atomic E-state index is 4.42. The Labute approximate surface area is 159 Å². The van der Waals surface area contributed by atoms with E-state index in [1.165, 1.54) is 58.0 Å². The van der Waals surface area contributed by atoms with E-state index >= 15 is 0 Å². The zero-order valence-electron chi connectivity index (χ0n) is 15.2. The summed E-state index contributed by atoms with van der Waals surface area (Å²) in [4.78, 5) is 7.05. The average molecular weight is 434 g/mol. The molecule has 0 amide bonds. The molecule has 0 radical (unpaired) electrons. The zero-order chi connectivity index (χ0) is 15.6. The van der Waals surface area contributed by atoms with Gasteiger partial charge in [-0.3, -0.25) is 9.89 Å². The van der Waals surface area contributed by atoms with Crippen molar-refractivity contribution in [3.63, 3.8) is 0 Å². The lowest BCUT2D eigenvalue weighted by Crippen LogP contribution is -2.55. The summed E-state index contributed by atoms with van der Waals surface area (Å²) >= 11 is 0. The van der Waals surface area contributed by atoms with Crippen LogP contribution >= 0.6 is 24.0 Å². The van der Waals surface area contributed by atoms with Gasteiger partial charge in [0.2, 0.25) is 0 Å². The third kappa shape index (κ3) is 4.97. The van der Waals surface area contributed by atoms with E-state index in [1.54, 1.807) is 0 Å². The quantitative estimate of drug-likeness (QED) is 0.383. The molecule has 1 saturated heterocycles. The van der Waals surface area contributed by atoms with E-state index in [9.17, 15) is 0 Å². The summed E-state index contributed by atoms with van der Waals surface area (Å²) in [7, 11) is 1.89. The molecule has 0 bridgehead atoms. The lowest BCUT2D eigenvalue weighted by molar-refractivity contribution is 0.0982. The fraction of sp³-hybridized carbons (Fsp3) is 0.944. The Morgan fingerprint density at radius 2 is 1.78 bits per heavy atom. The van der Waals surface area contributed by atoms with E-state index in [4.69, 9.17) is 0 Å². The molecule has 3 fully saturated rings. The normalized spacial score (nSPS) is 24.7. The lowest BCUT2D eigenvalue weighted by Gasteiger charge is -2.41. The van der Waals surface area contributed by atoms with Crippen LogP contribution in [0, 0.1) is 11.3 Å². The van der Waals surface area contributed by atoms with Gasteiger partial charge in [0.15, 0.2) is 5.96 Å². The maximum Gasteiger partial charge on any atom is 0.191 e. The fourth-order valence-corrected chi connectivity index (χ4v) is 3.98. The Kier molecular flexibility index (Phi) is 6.62. The van der Waals surface area contributed by atoms with Crippen molar-refractivity contribution in [2.45, 2.75) is 64.3 Å². The highest BCUT2D eigenvalue weighted by Crippen LogP contribution is 2.60. The van der Waals surface area contributed by atoms with Crippen molar-refractivity contribution < 1.29 is 0 Å². The molecule has 1 heterocycles. The maximum atomic E-state index is 4.42. The highest BCUT2D eigenvalue weighted by molar-refractivity contribution is 14.0. The van der Waals surface area contributed by atoms with Gasteiger partial charge in [0, 0.05) is 25.7 Å². The molecule has 1 aliphatic heterocycles. The van der Waals surface area contributed by atoms with Crippen molar-refractivity contribution in [3.8, 4) is 0 Å². The molecule has 0 aromatic carbocycles. The minimum Gasteiger partial charge on any atom is -0.356 e. The number of hydrogen-bond acceptors (Lipinski definition) is 2.